The Labute approximate surface area is 212 Å². The molecule has 0 spiro atoms. The van der Waals surface area contributed by atoms with Crippen LogP contribution in [-0.2, 0) is 0 Å². The quantitative estimate of drug-likeness (QED) is 0.225. The van der Waals surface area contributed by atoms with Gasteiger partial charge in [0.15, 0.2) is 0 Å². The highest BCUT2D eigenvalue weighted by atomic mass is 35.5. The zero-order chi connectivity index (χ0) is 21.2. The van der Waals surface area contributed by atoms with E-state index in [1.165, 1.54) is 102 Å². The Balaban J connectivity index is -0.00000280. The van der Waals surface area contributed by atoms with E-state index < -0.39 is 0 Å². The first kappa shape index (κ1) is 36.3. The Hall–Kier alpha value is -0.320. The van der Waals surface area contributed by atoms with E-state index in [1.54, 1.807) is 0 Å². The molecule has 0 radical (unpaired) electrons. The number of nitrogens with zero attached hydrogens (tertiary/aromatic N) is 1. The monoisotopic (exact) mass is 492 g/mol. The molecule has 1 aromatic rings. The zero-order valence-electron chi connectivity index (χ0n) is 21.6. The number of benzene rings is 1. The van der Waals surface area contributed by atoms with Gasteiger partial charge in [0, 0.05) is 18.6 Å². The predicted octanol–water partition coefficient (Wildman–Crippen LogP) is 2.05. The number of aliphatic hydroxyl groups is 1. The summed E-state index contributed by atoms with van der Waals surface area (Å²) < 4.78 is 0.975. The highest BCUT2D eigenvalue weighted by Crippen LogP contribution is 2.29. The van der Waals surface area contributed by atoms with Crippen molar-refractivity contribution >= 4 is 0 Å². The molecule has 0 saturated carbocycles. The zero-order valence-corrected chi connectivity index (χ0v) is 23.1. The van der Waals surface area contributed by atoms with E-state index in [0.29, 0.717) is 6.04 Å². The number of hydrogen-bond acceptors (Lipinski definition) is 1. The number of halogens is 2. The van der Waals surface area contributed by atoms with Crippen molar-refractivity contribution in [2.75, 3.05) is 27.2 Å². The van der Waals surface area contributed by atoms with Crippen LogP contribution in [-0.4, -0.2) is 36.8 Å². The fourth-order valence-corrected chi connectivity index (χ4v) is 4.59. The van der Waals surface area contributed by atoms with Gasteiger partial charge in [-0.05, 0) is 12.8 Å². The van der Waals surface area contributed by atoms with Crippen LogP contribution in [0.25, 0.3) is 0 Å². The lowest BCUT2D eigenvalue weighted by Gasteiger charge is -2.38. The maximum atomic E-state index is 9.55. The van der Waals surface area contributed by atoms with Crippen LogP contribution in [0.5, 0.6) is 0 Å². The maximum Gasteiger partial charge on any atom is 0.116 e. The lowest BCUT2D eigenvalue weighted by molar-refractivity contribution is -0.921. The molecule has 0 bridgehead atoms. The maximum absolute atomic E-state index is 9.55. The molecule has 5 N–H and O–H groups in total. The molecule has 1 aromatic carbocycles. The summed E-state index contributed by atoms with van der Waals surface area (Å²) in [5.41, 5.74) is 1.36. The summed E-state index contributed by atoms with van der Waals surface area (Å²) in [7, 11) is 4.66. The smallest absolute Gasteiger partial charge is 0.116 e. The molecule has 0 amide bonds. The Bertz CT molecular complexity index is 486. The third-order valence-corrected chi connectivity index (χ3v) is 6.52. The Morgan fingerprint density at radius 1 is 0.688 bits per heavy atom. The van der Waals surface area contributed by atoms with E-state index in [-0.39, 0.29) is 37.6 Å². The van der Waals surface area contributed by atoms with Gasteiger partial charge in [0.05, 0.1) is 20.6 Å². The van der Waals surface area contributed by atoms with Gasteiger partial charge in [-0.15, -0.1) is 0 Å². The van der Waals surface area contributed by atoms with Crippen molar-refractivity contribution in [1.82, 2.24) is 6.15 Å². The van der Waals surface area contributed by atoms with E-state index in [1.807, 2.05) is 0 Å². The minimum Gasteiger partial charge on any atom is -1.00 e. The summed E-state index contributed by atoms with van der Waals surface area (Å²) in [5.74, 6) is 0. The SMILES string of the molecule is CCCCCCCCCCCCCCCC[N+](C)(C)C(CCO)c1ccccc1.[Cl-].[Cl-].[NH4+]. The van der Waals surface area contributed by atoms with Crippen LogP contribution in [0.2, 0.25) is 0 Å². The third-order valence-electron chi connectivity index (χ3n) is 6.52. The first-order valence-electron chi connectivity index (χ1n) is 12.6. The Kier molecular flexibility index (Phi) is 27.0. The van der Waals surface area contributed by atoms with Crippen molar-refractivity contribution in [3.63, 3.8) is 0 Å². The highest BCUT2D eigenvalue weighted by Gasteiger charge is 2.28. The molecular weight excluding hydrogens is 439 g/mol. The van der Waals surface area contributed by atoms with Crippen molar-refractivity contribution in [2.24, 2.45) is 0 Å². The lowest BCUT2D eigenvalue weighted by atomic mass is 10.00. The van der Waals surface area contributed by atoms with Crippen molar-refractivity contribution < 1.29 is 34.4 Å². The fourth-order valence-electron chi connectivity index (χ4n) is 4.59. The van der Waals surface area contributed by atoms with E-state index in [0.717, 1.165) is 10.9 Å². The molecule has 0 saturated heterocycles. The molecule has 1 atom stereocenters. The van der Waals surface area contributed by atoms with Crippen molar-refractivity contribution in [1.29, 1.82) is 0 Å². The second kappa shape index (κ2) is 23.8. The van der Waals surface area contributed by atoms with Gasteiger partial charge >= 0.3 is 0 Å². The summed E-state index contributed by atoms with van der Waals surface area (Å²) in [4.78, 5) is 0. The molecule has 0 aliphatic carbocycles. The van der Waals surface area contributed by atoms with Gasteiger partial charge in [-0.2, -0.15) is 0 Å². The van der Waals surface area contributed by atoms with Gasteiger partial charge in [0.25, 0.3) is 0 Å². The molecule has 0 aliphatic heterocycles. The van der Waals surface area contributed by atoms with Gasteiger partial charge in [0.2, 0.25) is 0 Å². The summed E-state index contributed by atoms with van der Waals surface area (Å²) in [6.45, 7) is 3.75. The predicted molar refractivity (Wildman–Crippen MR) is 134 cm³/mol. The molecule has 1 unspecified atom stereocenters. The molecule has 0 fully saturated rings. The Morgan fingerprint density at radius 2 is 1.09 bits per heavy atom. The van der Waals surface area contributed by atoms with E-state index in [9.17, 15) is 5.11 Å². The largest absolute Gasteiger partial charge is 1.00 e. The average molecular weight is 494 g/mol. The van der Waals surface area contributed by atoms with Gasteiger partial charge in [0.1, 0.15) is 6.04 Å². The molecule has 3 nitrogen and oxygen atoms in total. The Morgan fingerprint density at radius 3 is 1.50 bits per heavy atom. The molecule has 0 heterocycles. The van der Waals surface area contributed by atoms with Gasteiger partial charge in [-0.25, -0.2) is 0 Å². The van der Waals surface area contributed by atoms with Crippen LogP contribution in [0.3, 0.4) is 0 Å². The number of unbranched alkanes of at least 4 members (excludes halogenated alkanes) is 13. The summed E-state index contributed by atoms with van der Waals surface area (Å²) in [6, 6.07) is 11.1. The van der Waals surface area contributed by atoms with Crippen molar-refractivity contribution in [2.45, 2.75) is 109 Å². The van der Waals surface area contributed by atoms with Gasteiger partial charge in [-0.1, -0.05) is 114 Å². The van der Waals surface area contributed by atoms with Crippen LogP contribution < -0.4 is 31.0 Å². The minimum absolute atomic E-state index is 0. The van der Waals surface area contributed by atoms with Gasteiger partial charge < -0.3 is 40.6 Å². The van der Waals surface area contributed by atoms with E-state index in [2.05, 4.69) is 51.4 Å². The number of hydrogen-bond donors (Lipinski definition) is 2. The molecule has 1 rings (SSSR count). The second-order valence-electron chi connectivity index (χ2n) is 9.54. The van der Waals surface area contributed by atoms with E-state index >= 15 is 0 Å². The van der Waals surface area contributed by atoms with Crippen LogP contribution in [0.15, 0.2) is 30.3 Å². The summed E-state index contributed by atoms with van der Waals surface area (Å²) in [6.07, 6.45) is 20.6. The van der Waals surface area contributed by atoms with Gasteiger partial charge in [-0.3, -0.25) is 0 Å². The standard InChI is InChI=1S/C27H50NO.2ClH.H3N/c1-4-5-6-7-8-9-10-11-12-13-14-15-16-20-24-28(2,3)27(23-25-29)26-21-18-17-19-22-26;;;/h17-19,21-22,27,29H,4-16,20,23-25H2,1-3H3;2*1H;1H3/q+1;;;/p-1. The summed E-state index contributed by atoms with van der Waals surface area (Å²) in [5, 5.41) is 9.55. The topological polar surface area (TPSA) is 56.7 Å². The fraction of sp³-hybridized carbons (Fsp3) is 0.778. The molecule has 0 aliphatic rings. The first-order valence-corrected chi connectivity index (χ1v) is 12.6. The molecular formula is C27H54Cl2N2O. The molecule has 0 aromatic heterocycles. The normalized spacial score (nSPS) is 11.8. The van der Waals surface area contributed by atoms with E-state index in [4.69, 9.17) is 0 Å². The number of aliphatic hydroxyl groups excluding tert-OH is 1. The third kappa shape index (κ3) is 17.2. The van der Waals surface area contributed by atoms with Crippen molar-refractivity contribution in [3.05, 3.63) is 35.9 Å². The van der Waals surface area contributed by atoms with Crippen LogP contribution >= 0.6 is 0 Å². The first-order chi connectivity index (χ1) is 14.1. The van der Waals surface area contributed by atoms with Crippen LogP contribution in [0, 0.1) is 0 Å². The lowest BCUT2D eigenvalue weighted by Crippen LogP contribution is -3.00. The number of quaternary nitrogens is 2. The van der Waals surface area contributed by atoms with Crippen LogP contribution in [0.4, 0.5) is 0 Å². The number of rotatable bonds is 19. The molecule has 32 heavy (non-hydrogen) atoms. The van der Waals surface area contributed by atoms with Crippen molar-refractivity contribution in [3.8, 4) is 0 Å². The average Bonchev–Trinajstić information content (AvgIpc) is 2.72. The molecule has 192 valence electrons. The van der Waals surface area contributed by atoms with Crippen LogP contribution in [0.1, 0.15) is 115 Å². The minimum atomic E-state index is 0. The second-order valence-corrected chi connectivity index (χ2v) is 9.54. The molecule has 5 heteroatoms. The highest BCUT2D eigenvalue weighted by molar-refractivity contribution is 5.17. The summed E-state index contributed by atoms with van der Waals surface area (Å²) >= 11 is 0.